The van der Waals surface area contributed by atoms with Crippen LogP contribution < -0.4 is 0 Å². The minimum atomic E-state index is -0.0835. The summed E-state index contributed by atoms with van der Waals surface area (Å²) >= 11 is 0. The van der Waals surface area contributed by atoms with Crippen LogP contribution in [0.15, 0.2) is 22.8 Å². The van der Waals surface area contributed by atoms with Gasteiger partial charge in [-0.25, -0.2) is 0 Å². The summed E-state index contributed by atoms with van der Waals surface area (Å²) < 4.78 is 0. The van der Waals surface area contributed by atoms with Gasteiger partial charge in [0.05, 0.1) is 6.10 Å². The van der Waals surface area contributed by atoms with Gasteiger partial charge in [0, 0.05) is 0 Å². The molecule has 0 aromatic carbocycles. The van der Waals surface area contributed by atoms with Crippen molar-refractivity contribution >= 4 is 0 Å². The van der Waals surface area contributed by atoms with Crippen LogP contribution in [0, 0.1) is 40.4 Å². The number of hydrogen-bond donors (Lipinski definition) is 1. The zero-order chi connectivity index (χ0) is 22.4. The van der Waals surface area contributed by atoms with E-state index in [1.165, 1.54) is 64.2 Å². The van der Waals surface area contributed by atoms with Gasteiger partial charge >= 0.3 is 0 Å². The minimum absolute atomic E-state index is 0.0835. The van der Waals surface area contributed by atoms with Gasteiger partial charge in [0.2, 0.25) is 0 Å². The van der Waals surface area contributed by atoms with Gasteiger partial charge in [-0.05, 0) is 125 Å². The molecule has 1 N–H and O–H groups in total. The highest BCUT2D eigenvalue weighted by Gasteiger charge is 2.59. The van der Waals surface area contributed by atoms with Crippen molar-refractivity contribution in [1.29, 1.82) is 0 Å². The molecule has 0 spiro atoms. The SMILES string of the molecule is CCCC(CC[C@@H](C)[C@H]1CC[C@H]2[C@@H]3CC=C4C[C@@H](O)CC[C@]4(C)[C@H]3CC[C@]12C)=C(C)C. The van der Waals surface area contributed by atoms with Gasteiger partial charge in [-0.2, -0.15) is 0 Å². The first-order chi connectivity index (χ1) is 14.7. The summed E-state index contributed by atoms with van der Waals surface area (Å²) in [5.74, 6) is 4.47. The van der Waals surface area contributed by atoms with Crippen LogP contribution in [0.5, 0.6) is 0 Å². The topological polar surface area (TPSA) is 20.2 Å². The average Bonchev–Trinajstić information content (AvgIpc) is 3.08. The van der Waals surface area contributed by atoms with Gasteiger partial charge in [-0.1, -0.05) is 56.9 Å². The van der Waals surface area contributed by atoms with Gasteiger partial charge in [0.25, 0.3) is 0 Å². The molecule has 0 aromatic heterocycles. The molecule has 1 nitrogen and oxygen atoms in total. The van der Waals surface area contributed by atoms with Gasteiger partial charge < -0.3 is 5.11 Å². The lowest BCUT2D eigenvalue weighted by Gasteiger charge is -2.58. The standard InChI is InChI=1S/C30H50O/c1-7-8-22(20(2)3)10-9-21(4)26-13-14-27-25-12-11-23-19-24(31)15-17-29(23,5)28(25)16-18-30(26,27)6/h11,21,24-28,31H,7-10,12-19H2,1-6H3/t21-,24+,25+,26-,27+,28+,29+,30-/m1/s1. The molecule has 4 aliphatic carbocycles. The lowest BCUT2D eigenvalue weighted by molar-refractivity contribution is -0.0571. The molecule has 31 heavy (non-hydrogen) atoms. The molecule has 3 fully saturated rings. The van der Waals surface area contributed by atoms with E-state index in [0.717, 1.165) is 42.4 Å². The zero-order valence-corrected chi connectivity index (χ0v) is 21.5. The number of hydrogen-bond acceptors (Lipinski definition) is 1. The van der Waals surface area contributed by atoms with Crippen LogP contribution in [0.4, 0.5) is 0 Å². The Morgan fingerprint density at radius 1 is 1.06 bits per heavy atom. The normalized spacial score (nSPS) is 42.8. The Morgan fingerprint density at radius 2 is 1.84 bits per heavy atom. The van der Waals surface area contributed by atoms with Crippen LogP contribution in [0.1, 0.15) is 119 Å². The fourth-order valence-electron chi connectivity index (χ4n) is 9.15. The molecule has 0 unspecified atom stereocenters. The van der Waals surface area contributed by atoms with E-state index in [9.17, 15) is 5.11 Å². The van der Waals surface area contributed by atoms with E-state index in [2.05, 4.69) is 47.6 Å². The highest BCUT2D eigenvalue weighted by molar-refractivity contribution is 5.25. The first-order valence-corrected chi connectivity index (χ1v) is 13.7. The Balaban J connectivity index is 1.47. The lowest BCUT2D eigenvalue weighted by atomic mass is 9.47. The summed E-state index contributed by atoms with van der Waals surface area (Å²) in [5, 5.41) is 10.3. The molecule has 1 heteroatoms. The number of aliphatic hydroxyl groups is 1. The lowest BCUT2D eigenvalue weighted by Crippen LogP contribution is -2.50. The van der Waals surface area contributed by atoms with Crippen molar-refractivity contribution in [3.63, 3.8) is 0 Å². The summed E-state index contributed by atoms with van der Waals surface area (Å²) in [6.07, 6.45) is 18.1. The molecule has 0 radical (unpaired) electrons. The molecule has 0 aromatic rings. The third-order valence-corrected chi connectivity index (χ3v) is 11.0. The maximum atomic E-state index is 10.3. The fourth-order valence-corrected chi connectivity index (χ4v) is 9.15. The Kier molecular flexibility index (Phi) is 6.85. The van der Waals surface area contributed by atoms with E-state index in [1.807, 2.05) is 0 Å². The van der Waals surface area contributed by atoms with Crippen molar-refractivity contribution in [2.24, 2.45) is 40.4 Å². The minimum Gasteiger partial charge on any atom is -0.393 e. The van der Waals surface area contributed by atoms with Crippen molar-refractivity contribution in [3.05, 3.63) is 22.8 Å². The third-order valence-electron chi connectivity index (χ3n) is 11.0. The van der Waals surface area contributed by atoms with Crippen LogP contribution >= 0.6 is 0 Å². The first-order valence-electron chi connectivity index (χ1n) is 13.7. The van der Waals surface area contributed by atoms with E-state index in [-0.39, 0.29) is 6.10 Å². The molecule has 0 amide bonds. The maximum Gasteiger partial charge on any atom is 0.0577 e. The summed E-state index contributed by atoms with van der Waals surface area (Å²) in [6, 6.07) is 0. The van der Waals surface area contributed by atoms with E-state index in [1.54, 1.807) is 16.7 Å². The third kappa shape index (κ3) is 4.11. The second kappa shape index (κ2) is 9.00. The van der Waals surface area contributed by atoms with Crippen LogP contribution in [0.3, 0.4) is 0 Å². The van der Waals surface area contributed by atoms with E-state index in [0.29, 0.717) is 10.8 Å². The number of rotatable bonds is 6. The highest BCUT2D eigenvalue weighted by Crippen LogP contribution is 2.67. The molecule has 4 aliphatic rings. The monoisotopic (exact) mass is 426 g/mol. The molecular weight excluding hydrogens is 376 g/mol. The molecule has 0 bridgehead atoms. The van der Waals surface area contributed by atoms with Gasteiger partial charge in [-0.15, -0.1) is 0 Å². The van der Waals surface area contributed by atoms with E-state index in [4.69, 9.17) is 0 Å². The Hall–Kier alpha value is -0.560. The highest BCUT2D eigenvalue weighted by atomic mass is 16.3. The fraction of sp³-hybridized carbons (Fsp3) is 0.867. The summed E-state index contributed by atoms with van der Waals surface area (Å²) in [5.41, 5.74) is 5.86. The number of fused-ring (bicyclic) bond motifs is 5. The van der Waals surface area contributed by atoms with Gasteiger partial charge in [0.15, 0.2) is 0 Å². The molecule has 0 heterocycles. The molecule has 176 valence electrons. The quantitative estimate of drug-likeness (QED) is 0.422. The number of aliphatic hydroxyl groups excluding tert-OH is 1. The predicted octanol–water partition coefficient (Wildman–Crippen LogP) is 8.48. The summed E-state index contributed by atoms with van der Waals surface area (Å²) in [6.45, 7) is 14.8. The van der Waals surface area contributed by atoms with Crippen molar-refractivity contribution in [1.82, 2.24) is 0 Å². The predicted molar refractivity (Wildman–Crippen MR) is 133 cm³/mol. The average molecular weight is 427 g/mol. The van der Waals surface area contributed by atoms with Crippen LogP contribution in [0.2, 0.25) is 0 Å². The Labute approximate surface area is 193 Å². The molecule has 4 rings (SSSR count). The van der Waals surface area contributed by atoms with Crippen LogP contribution in [0.25, 0.3) is 0 Å². The van der Waals surface area contributed by atoms with Crippen LogP contribution in [-0.4, -0.2) is 11.2 Å². The maximum absolute atomic E-state index is 10.3. The van der Waals surface area contributed by atoms with E-state index >= 15 is 0 Å². The van der Waals surface area contributed by atoms with Gasteiger partial charge in [-0.3, -0.25) is 0 Å². The Morgan fingerprint density at radius 3 is 2.55 bits per heavy atom. The van der Waals surface area contributed by atoms with Crippen LogP contribution in [-0.2, 0) is 0 Å². The second-order valence-corrected chi connectivity index (χ2v) is 12.8. The zero-order valence-electron chi connectivity index (χ0n) is 21.5. The molecular formula is C30H50O. The summed E-state index contributed by atoms with van der Waals surface area (Å²) in [7, 11) is 0. The molecule has 3 saturated carbocycles. The smallest absolute Gasteiger partial charge is 0.0577 e. The number of allylic oxidation sites excluding steroid dienone is 3. The van der Waals surface area contributed by atoms with Crippen molar-refractivity contribution in [2.45, 2.75) is 125 Å². The molecule has 0 aliphatic heterocycles. The van der Waals surface area contributed by atoms with Crippen molar-refractivity contribution in [3.8, 4) is 0 Å². The first kappa shape index (κ1) is 23.6. The Bertz CT molecular complexity index is 712. The van der Waals surface area contributed by atoms with Crippen molar-refractivity contribution in [2.75, 3.05) is 0 Å². The largest absolute Gasteiger partial charge is 0.393 e. The van der Waals surface area contributed by atoms with Crippen molar-refractivity contribution < 1.29 is 5.11 Å². The molecule has 0 saturated heterocycles. The molecule has 8 atom stereocenters. The summed E-state index contributed by atoms with van der Waals surface area (Å²) in [4.78, 5) is 0. The second-order valence-electron chi connectivity index (χ2n) is 12.8. The van der Waals surface area contributed by atoms with E-state index < -0.39 is 0 Å². The van der Waals surface area contributed by atoms with Gasteiger partial charge in [0.1, 0.15) is 0 Å².